The number of anilines is 1. The number of hydrogen-bond donors (Lipinski definition) is 2. The molecule has 5 heteroatoms. The highest BCUT2D eigenvalue weighted by atomic mass is 35.5. The third kappa shape index (κ3) is 7.59. The number of halogens is 1. The van der Waals surface area contributed by atoms with Gasteiger partial charge in [-0.3, -0.25) is 4.79 Å². The molecule has 4 nitrogen and oxygen atoms in total. The van der Waals surface area contributed by atoms with Gasteiger partial charge in [-0.05, 0) is 49.4 Å². The molecule has 0 spiro atoms. The van der Waals surface area contributed by atoms with E-state index in [1.54, 1.807) is 12.1 Å². The van der Waals surface area contributed by atoms with Crippen LogP contribution in [0, 0.1) is 6.92 Å². The SMILES string of the molecule is Cc1ccc(N)cc1C(=O)NCCCCOCCc1ccccc1.Cl. The molecule has 2 rings (SSSR count). The van der Waals surface area contributed by atoms with Gasteiger partial charge in [-0.25, -0.2) is 0 Å². The fourth-order valence-electron chi connectivity index (χ4n) is 2.45. The van der Waals surface area contributed by atoms with E-state index in [1.165, 1.54) is 5.56 Å². The van der Waals surface area contributed by atoms with E-state index in [0.29, 0.717) is 17.8 Å². The van der Waals surface area contributed by atoms with Crippen LogP contribution in [0.2, 0.25) is 0 Å². The number of ether oxygens (including phenoxy) is 1. The molecule has 0 fully saturated rings. The van der Waals surface area contributed by atoms with Gasteiger partial charge in [-0.2, -0.15) is 0 Å². The van der Waals surface area contributed by atoms with Crippen LogP contribution in [0.25, 0.3) is 0 Å². The van der Waals surface area contributed by atoms with Gasteiger partial charge in [0.2, 0.25) is 0 Å². The number of benzene rings is 2. The maximum absolute atomic E-state index is 12.1. The number of rotatable bonds is 9. The Bertz CT molecular complexity index is 647. The summed E-state index contributed by atoms with van der Waals surface area (Å²) in [5, 5.41) is 2.93. The van der Waals surface area contributed by atoms with E-state index < -0.39 is 0 Å². The molecule has 0 aliphatic rings. The summed E-state index contributed by atoms with van der Waals surface area (Å²) in [5.74, 6) is -0.0650. The fraction of sp³-hybridized carbons (Fsp3) is 0.350. The number of aryl methyl sites for hydroxylation is 1. The highest BCUT2D eigenvalue weighted by Gasteiger charge is 2.08. The number of amides is 1. The van der Waals surface area contributed by atoms with Gasteiger partial charge in [0.1, 0.15) is 0 Å². The van der Waals surface area contributed by atoms with Crippen LogP contribution >= 0.6 is 12.4 Å². The molecule has 25 heavy (non-hydrogen) atoms. The molecular weight excluding hydrogens is 336 g/mol. The van der Waals surface area contributed by atoms with E-state index in [0.717, 1.165) is 38.0 Å². The average Bonchev–Trinajstić information content (AvgIpc) is 2.60. The van der Waals surface area contributed by atoms with Crippen LogP contribution in [-0.2, 0) is 11.2 Å². The Kier molecular flexibility index (Phi) is 9.66. The van der Waals surface area contributed by atoms with Gasteiger partial charge in [-0.1, -0.05) is 36.4 Å². The highest BCUT2D eigenvalue weighted by molar-refractivity contribution is 5.96. The topological polar surface area (TPSA) is 64.4 Å². The minimum atomic E-state index is -0.0650. The molecule has 0 atom stereocenters. The Morgan fingerprint density at radius 1 is 1.08 bits per heavy atom. The van der Waals surface area contributed by atoms with Crippen molar-refractivity contribution in [2.24, 2.45) is 0 Å². The van der Waals surface area contributed by atoms with Crippen molar-refractivity contribution in [2.75, 3.05) is 25.5 Å². The van der Waals surface area contributed by atoms with Crippen molar-refractivity contribution < 1.29 is 9.53 Å². The van der Waals surface area contributed by atoms with Crippen LogP contribution in [0.3, 0.4) is 0 Å². The van der Waals surface area contributed by atoms with Crippen LogP contribution in [0.5, 0.6) is 0 Å². The maximum Gasteiger partial charge on any atom is 0.251 e. The van der Waals surface area contributed by atoms with E-state index in [-0.39, 0.29) is 18.3 Å². The fourth-order valence-corrected chi connectivity index (χ4v) is 2.45. The number of nitrogens with one attached hydrogen (secondary N) is 1. The van der Waals surface area contributed by atoms with Crippen molar-refractivity contribution in [3.05, 3.63) is 65.2 Å². The third-order valence-corrected chi connectivity index (χ3v) is 3.89. The van der Waals surface area contributed by atoms with E-state index in [9.17, 15) is 4.79 Å². The van der Waals surface area contributed by atoms with Crippen molar-refractivity contribution in [3.63, 3.8) is 0 Å². The molecule has 0 radical (unpaired) electrons. The number of carbonyl (C=O) groups is 1. The third-order valence-electron chi connectivity index (χ3n) is 3.89. The molecule has 2 aromatic rings. The summed E-state index contributed by atoms with van der Waals surface area (Å²) >= 11 is 0. The Morgan fingerprint density at radius 3 is 2.60 bits per heavy atom. The van der Waals surface area contributed by atoms with Gasteiger partial charge in [0.25, 0.3) is 5.91 Å². The molecule has 0 aliphatic carbocycles. The summed E-state index contributed by atoms with van der Waals surface area (Å²) in [6.45, 7) is 4.02. The van der Waals surface area contributed by atoms with Gasteiger partial charge in [0.15, 0.2) is 0 Å². The van der Waals surface area contributed by atoms with Crippen LogP contribution in [0.15, 0.2) is 48.5 Å². The summed E-state index contributed by atoms with van der Waals surface area (Å²) in [6, 6.07) is 15.7. The lowest BCUT2D eigenvalue weighted by atomic mass is 10.1. The van der Waals surface area contributed by atoms with Gasteiger partial charge < -0.3 is 15.8 Å². The molecule has 0 heterocycles. The Hall–Kier alpha value is -2.04. The van der Waals surface area contributed by atoms with Crippen LogP contribution in [-0.4, -0.2) is 25.7 Å². The molecule has 0 saturated heterocycles. The van der Waals surface area contributed by atoms with Crippen molar-refractivity contribution in [2.45, 2.75) is 26.2 Å². The summed E-state index contributed by atoms with van der Waals surface area (Å²) in [5.41, 5.74) is 9.22. The van der Waals surface area contributed by atoms with Crippen molar-refractivity contribution in [3.8, 4) is 0 Å². The van der Waals surface area contributed by atoms with E-state index >= 15 is 0 Å². The second-order valence-corrected chi connectivity index (χ2v) is 5.89. The van der Waals surface area contributed by atoms with Crippen molar-refractivity contribution in [1.82, 2.24) is 5.32 Å². The summed E-state index contributed by atoms with van der Waals surface area (Å²) in [4.78, 5) is 12.1. The Morgan fingerprint density at radius 2 is 1.84 bits per heavy atom. The number of hydrogen-bond acceptors (Lipinski definition) is 3. The zero-order chi connectivity index (χ0) is 17.2. The normalized spacial score (nSPS) is 10.1. The molecule has 0 unspecified atom stereocenters. The molecule has 0 aliphatic heterocycles. The van der Waals surface area contributed by atoms with Gasteiger partial charge in [0, 0.05) is 24.4 Å². The molecule has 0 bridgehead atoms. The number of nitrogens with two attached hydrogens (primary N) is 1. The second kappa shape index (κ2) is 11.5. The van der Waals surface area contributed by atoms with Crippen LogP contribution in [0.1, 0.15) is 34.3 Å². The molecule has 136 valence electrons. The highest BCUT2D eigenvalue weighted by Crippen LogP contribution is 2.12. The molecule has 0 aromatic heterocycles. The quantitative estimate of drug-likeness (QED) is 0.527. The Balaban J connectivity index is 0.00000312. The van der Waals surface area contributed by atoms with Crippen LogP contribution < -0.4 is 11.1 Å². The molecule has 2 aromatic carbocycles. The molecule has 3 N–H and O–H groups in total. The first-order valence-corrected chi connectivity index (χ1v) is 8.43. The van der Waals surface area contributed by atoms with Gasteiger partial charge in [-0.15, -0.1) is 12.4 Å². The van der Waals surface area contributed by atoms with Crippen molar-refractivity contribution >= 4 is 24.0 Å². The van der Waals surface area contributed by atoms with E-state index in [1.807, 2.05) is 31.2 Å². The number of unbranched alkanes of at least 4 members (excludes halogenated alkanes) is 1. The number of carbonyl (C=O) groups excluding carboxylic acids is 1. The predicted octanol–water partition coefficient (Wildman–Crippen LogP) is 3.77. The molecular formula is C20H27ClN2O2. The van der Waals surface area contributed by atoms with E-state index in [4.69, 9.17) is 10.5 Å². The maximum atomic E-state index is 12.1. The lowest BCUT2D eigenvalue weighted by Gasteiger charge is -2.09. The minimum absolute atomic E-state index is 0. The van der Waals surface area contributed by atoms with Crippen molar-refractivity contribution in [1.29, 1.82) is 0 Å². The average molecular weight is 363 g/mol. The first kappa shape index (κ1) is 21.0. The summed E-state index contributed by atoms with van der Waals surface area (Å²) in [7, 11) is 0. The smallest absolute Gasteiger partial charge is 0.251 e. The largest absolute Gasteiger partial charge is 0.399 e. The predicted molar refractivity (Wildman–Crippen MR) is 105 cm³/mol. The number of nitrogen functional groups attached to an aromatic ring is 1. The lowest BCUT2D eigenvalue weighted by Crippen LogP contribution is -2.25. The molecule has 1 amide bonds. The standard InChI is InChI=1S/C20H26N2O2.ClH/c1-16-9-10-18(21)15-19(16)20(23)22-12-5-6-13-24-14-11-17-7-3-2-4-8-17;/h2-4,7-10,15H,5-6,11-14,21H2,1H3,(H,22,23);1H. The zero-order valence-electron chi connectivity index (χ0n) is 14.7. The zero-order valence-corrected chi connectivity index (χ0v) is 15.5. The molecule has 0 saturated carbocycles. The first-order chi connectivity index (χ1) is 11.7. The Labute approximate surface area is 156 Å². The minimum Gasteiger partial charge on any atom is -0.399 e. The van der Waals surface area contributed by atoms with Gasteiger partial charge >= 0.3 is 0 Å². The summed E-state index contributed by atoms with van der Waals surface area (Å²) < 4.78 is 5.63. The monoisotopic (exact) mass is 362 g/mol. The van der Waals surface area contributed by atoms with Crippen LogP contribution in [0.4, 0.5) is 5.69 Å². The second-order valence-electron chi connectivity index (χ2n) is 5.89. The van der Waals surface area contributed by atoms with Gasteiger partial charge in [0.05, 0.1) is 6.61 Å². The lowest BCUT2D eigenvalue weighted by molar-refractivity contribution is 0.0948. The summed E-state index contributed by atoms with van der Waals surface area (Å²) in [6.07, 6.45) is 2.77. The van der Waals surface area contributed by atoms with E-state index in [2.05, 4.69) is 17.4 Å². The first-order valence-electron chi connectivity index (χ1n) is 8.43.